The van der Waals surface area contributed by atoms with Gasteiger partial charge in [-0.1, -0.05) is 0 Å². The van der Waals surface area contributed by atoms with Crippen LogP contribution in [0.3, 0.4) is 0 Å². The zero-order valence-electron chi connectivity index (χ0n) is 11.0. The summed E-state index contributed by atoms with van der Waals surface area (Å²) in [5.41, 5.74) is 3.11. The van der Waals surface area contributed by atoms with Crippen molar-refractivity contribution in [3.8, 4) is 0 Å². The Morgan fingerprint density at radius 3 is 2.95 bits per heavy atom. The van der Waals surface area contributed by atoms with E-state index in [9.17, 15) is 10.1 Å². The molecule has 0 aromatic carbocycles. The molecule has 3 rings (SSSR count). The number of aryl methyl sites for hydroxylation is 1. The monoisotopic (exact) mass is 289 g/mol. The second-order valence-electron chi connectivity index (χ2n) is 4.30. The van der Waals surface area contributed by atoms with Crippen LogP contribution in [0, 0.1) is 10.1 Å². The van der Waals surface area contributed by atoms with Crippen molar-refractivity contribution in [2.24, 2.45) is 12.9 Å². The van der Waals surface area contributed by atoms with E-state index in [-0.39, 0.29) is 12.4 Å². The maximum Gasteiger partial charge on any atom is 0.381 e. The number of hydrazine groups is 1. The lowest BCUT2D eigenvalue weighted by atomic mass is 10.4. The first kappa shape index (κ1) is 12.9. The Morgan fingerprint density at radius 2 is 2.29 bits per heavy atom. The predicted molar refractivity (Wildman–Crippen MR) is 72.1 cm³/mol. The Hall–Kier alpha value is -3.08. The summed E-state index contributed by atoms with van der Waals surface area (Å²) in [4.78, 5) is 22.4. The topological polar surface area (TPSA) is 143 Å². The van der Waals surface area contributed by atoms with Gasteiger partial charge in [-0.25, -0.2) is 15.8 Å². The van der Waals surface area contributed by atoms with Crippen LogP contribution in [0.15, 0.2) is 18.7 Å². The van der Waals surface area contributed by atoms with E-state index in [2.05, 4.69) is 25.5 Å². The van der Waals surface area contributed by atoms with Gasteiger partial charge in [-0.15, -0.1) is 0 Å². The van der Waals surface area contributed by atoms with E-state index in [0.717, 1.165) is 0 Å². The van der Waals surface area contributed by atoms with Gasteiger partial charge in [0.15, 0.2) is 17.3 Å². The number of rotatable bonds is 4. The third-order valence-electron chi connectivity index (χ3n) is 2.91. The number of aromatic nitrogens is 6. The first-order valence-electron chi connectivity index (χ1n) is 5.90. The number of nitrogen functional groups attached to an aromatic ring is 1. The first-order chi connectivity index (χ1) is 10.1. The van der Waals surface area contributed by atoms with Crippen molar-refractivity contribution in [2.75, 3.05) is 5.43 Å². The van der Waals surface area contributed by atoms with Crippen molar-refractivity contribution >= 4 is 22.7 Å². The van der Waals surface area contributed by atoms with E-state index in [0.29, 0.717) is 22.7 Å². The zero-order chi connectivity index (χ0) is 15.0. The van der Waals surface area contributed by atoms with Gasteiger partial charge >= 0.3 is 5.82 Å². The molecular formula is C10H11N9O2. The van der Waals surface area contributed by atoms with Crippen molar-refractivity contribution in [2.45, 2.75) is 6.54 Å². The van der Waals surface area contributed by atoms with Crippen LogP contribution in [-0.4, -0.2) is 34.2 Å². The summed E-state index contributed by atoms with van der Waals surface area (Å²) in [7, 11) is 1.75. The van der Waals surface area contributed by atoms with E-state index in [1.165, 1.54) is 17.1 Å². The Bertz CT molecular complexity index is 821. The SMILES string of the molecule is Cn1ncc2c(NN)nc(Cn3cnc([N+](=O)[O-])c3)nc21. The smallest absolute Gasteiger partial charge is 0.358 e. The molecule has 0 atom stereocenters. The average Bonchev–Trinajstić information content (AvgIpc) is 3.06. The summed E-state index contributed by atoms with van der Waals surface area (Å²) in [5, 5.41) is 15.4. The minimum absolute atomic E-state index is 0.228. The van der Waals surface area contributed by atoms with Gasteiger partial charge < -0.3 is 20.1 Å². The standard InChI is InChI=1S/C10H11N9O2/c1-17-10-6(2-13-17)9(16-11)14-7(15-10)3-18-4-8(12-5-18)19(20)21/h2,4-5H,3,11H2,1H3,(H,14,15,16). The summed E-state index contributed by atoms with van der Waals surface area (Å²) in [6.45, 7) is 0.233. The third-order valence-corrected chi connectivity index (χ3v) is 2.91. The van der Waals surface area contributed by atoms with Crippen LogP contribution in [0.4, 0.5) is 11.6 Å². The van der Waals surface area contributed by atoms with Crippen molar-refractivity contribution in [3.63, 3.8) is 0 Å². The summed E-state index contributed by atoms with van der Waals surface area (Å²) in [6, 6.07) is 0. The molecule has 21 heavy (non-hydrogen) atoms. The number of nitrogens with two attached hydrogens (primary N) is 1. The fraction of sp³-hybridized carbons (Fsp3) is 0.200. The van der Waals surface area contributed by atoms with Gasteiger partial charge in [0.1, 0.15) is 6.20 Å². The van der Waals surface area contributed by atoms with Gasteiger partial charge in [0, 0.05) is 7.05 Å². The second kappa shape index (κ2) is 4.79. The first-order valence-corrected chi connectivity index (χ1v) is 5.90. The van der Waals surface area contributed by atoms with E-state index >= 15 is 0 Å². The summed E-state index contributed by atoms with van der Waals surface area (Å²) >= 11 is 0. The van der Waals surface area contributed by atoms with Crippen LogP contribution < -0.4 is 11.3 Å². The fourth-order valence-electron chi connectivity index (χ4n) is 1.94. The molecule has 3 aromatic heterocycles. The number of hydrogen-bond acceptors (Lipinski definition) is 8. The van der Waals surface area contributed by atoms with E-state index in [1.807, 2.05) is 0 Å². The summed E-state index contributed by atoms with van der Waals surface area (Å²) in [5.74, 6) is 6.10. The highest BCUT2D eigenvalue weighted by atomic mass is 16.6. The Kier molecular flexibility index (Phi) is 2.95. The molecule has 0 saturated carbocycles. The normalized spacial score (nSPS) is 11.0. The van der Waals surface area contributed by atoms with Crippen LogP contribution in [0.1, 0.15) is 5.82 Å². The van der Waals surface area contributed by atoms with Crippen molar-refractivity contribution in [1.82, 2.24) is 29.3 Å². The molecule has 3 N–H and O–H groups in total. The molecule has 0 saturated heterocycles. The molecule has 108 valence electrons. The molecule has 0 aliphatic heterocycles. The van der Waals surface area contributed by atoms with Gasteiger partial charge in [0.05, 0.1) is 18.1 Å². The highest BCUT2D eigenvalue weighted by Gasteiger charge is 2.14. The molecule has 0 aliphatic carbocycles. The van der Waals surface area contributed by atoms with Crippen LogP contribution in [-0.2, 0) is 13.6 Å². The molecule has 0 aliphatic rings. The van der Waals surface area contributed by atoms with Crippen molar-refractivity contribution < 1.29 is 4.92 Å². The molecule has 0 amide bonds. The maximum absolute atomic E-state index is 10.6. The molecule has 0 radical (unpaired) electrons. The Labute approximate surface area is 117 Å². The Balaban J connectivity index is 1.99. The molecular weight excluding hydrogens is 278 g/mol. The van der Waals surface area contributed by atoms with Gasteiger partial charge in [0.2, 0.25) is 6.33 Å². The second-order valence-corrected chi connectivity index (χ2v) is 4.30. The van der Waals surface area contributed by atoms with Crippen molar-refractivity contribution in [1.29, 1.82) is 0 Å². The van der Waals surface area contributed by atoms with Crippen LogP contribution in [0.25, 0.3) is 11.0 Å². The van der Waals surface area contributed by atoms with Crippen molar-refractivity contribution in [3.05, 3.63) is 34.7 Å². The lowest BCUT2D eigenvalue weighted by molar-refractivity contribution is -0.389. The molecule has 0 bridgehead atoms. The molecule has 11 nitrogen and oxygen atoms in total. The van der Waals surface area contributed by atoms with Crippen LogP contribution in [0.5, 0.6) is 0 Å². The van der Waals surface area contributed by atoms with E-state index in [1.54, 1.807) is 17.9 Å². The number of nitrogens with zero attached hydrogens (tertiary/aromatic N) is 7. The van der Waals surface area contributed by atoms with Gasteiger partial charge in [-0.05, 0) is 9.91 Å². The highest BCUT2D eigenvalue weighted by molar-refractivity contribution is 5.86. The zero-order valence-corrected chi connectivity index (χ0v) is 11.0. The summed E-state index contributed by atoms with van der Waals surface area (Å²) < 4.78 is 3.12. The number of nitrogens with one attached hydrogen (secondary N) is 1. The summed E-state index contributed by atoms with van der Waals surface area (Å²) in [6.07, 6.45) is 4.27. The van der Waals surface area contributed by atoms with Gasteiger partial charge in [-0.2, -0.15) is 5.10 Å². The largest absolute Gasteiger partial charge is 0.381 e. The van der Waals surface area contributed by atoms with E-state index in [4.69, 9.17) is 5.84 Å². The number of imidazole rings is 1. The minimum Gasteiger partial charge on any atom is -0.358 e. The van der Waals surface area contributed by atoms with Crippen LogP contribution >= 0.6 is 0 Å². The molecule has 3 aromatic rings. The Morgan fingerprint density at radius 1 is 1.48 bits per heavy atom. The number of hydrogen-bond donors (Lipinski definition) is 2. The average molecular weight is 289 g/mol. The lowest BCUT2D eigenvalue weighted by Crippen LogP contribution is -2.12. The molecule has 0 unspecified atom stereocenters. The molecule has 3 heterocycles. The fourth-order valence-corrected chi connectivity index (χ4v) is 1.94. The number of fused-ring (bicyclic) bond motifs is 1. The minimum atomic E-state index is -0.561. The quantitative estimate of drug-likeness (QED) is 0.382. The number of anilines is 1. The van der Waals surface area contributed by atoms with Crippen LogP contribution in [0.2, 0.25) is 0 Å². The van der Waals surface area contributed by atoms with E-state index < -0.39 is 4.92 Å². The maximum atomic E-state index is 10.6. The predicted octanol–water partition coefficient (Wildman–Crippen LogP) is -0.198. The number of nitro groups is 1. The molecule has 0 fully saturated rings. The highest BCUT2D eigenvalue weighted by Crippen LogP contribution is 2.19. The lowest BCUT2D eigenvalue weighted by Gasteiger charge is -2.05. The van der Waals surface area contributed by atoms with Gasteiger partial charge in [-0.3, -0.25) is 4.68 Å². The molecule has 11 heteroatoms. The third kappa shape index (κ3) is 2.25. The molecule has 0 spiro atoms. The van der Waals surface area contributed by atoms with Gasteiger partial charge in [0.25, 0.3) is 0 Å².